The van der Waals surface area contributed by atoms with E-state index in [-0.39, 0.29) is 5.78 Å². The van der Waals surface area contributed by atoms with Crippen LogP contribution in [0.2, 0.25) is 0 Å². The summed E-state index contributed by atoms with van der Waals surface area (Å²) < 4.78 is 72.5. The molecule has 2 aromatic carbocycles. The van der Waals surface area contributed by atoms with Gasteiger partial charge in [0.05, 0.1) is 18.2 Å². The molecule has 0 amide bonds. The predicted octanol–water partition coefficient (Wildman–Crippen LogP) is 2.33. The molecule has 4 atom stereocenters. The topological polar surface area (TPSA) is 131 Å². The van der Waals surface area contributed by atoms with Gasteiger partial charge < -0.3 is 19.9 Å². The lowest BCUT2D eigenvalue weighted by atomic mass is 9.83. The number of thiol groups is 1. The highest BCUT2D eigenvalue weighted by molar-refractivity contribution is 7.69. The van der Waals surface area contributed by atoms with Gasteiger partial charge >= 0.3 is 0 Å². The van der Waals surface area contributed by atoms with E-state index in [9.17, 15) is 18.0 Å². The van der Waals surface area contributed by atoms with Crippen molar-refractivity contribution in [3.63, 3.8) is 0 Å². The van der Waals surface area contributed by atoms with Gasteiger partial charge in [0, 0.05) is 5.56 Å². The van der Waals surface area contributed by atoms with E-state index in [0.717, 1.165) is 5.56 Å². The molecule has 34 heavy (non-hydrogen) atoms. The molecule has 0 saturated carbocycles. The standard InChI is InChI=1S/C22H24F3NO4.H3NO2S/c1-22(2)15-11-7-6-10-14(15)18(27)19(30-22)17(26)16(12-28-21(25)20(23)24)29-13-8-4-3-5-9-13;1-4(2)3/h3-11,16-17,19-21H,12,26H2,1-2H3;4H,(H2,1,2,3). The number of halogens is 3. The molecule has 8 nitrogen and oxygen atoms in total. The van der Waals surface area contributed by atoms with E-state index in [1.54, 1.807) is 68.4 Å². The van der Waals surface area contributed by atoms with E-state index in [1.807, 2.05) is 0 Å². The van der Waals surface area contributed by atoms with Crippen LogP contribution in [0.15, 0.2) is 54.6 Å². The minimum absolute atomic E-state index is 0.357. The van der Waals surface area contributed by atoms with Gasteiger partial charge in [-0.05, 0) is 31.5 Å². The Morgan fingerprint density at radius 1 is 1.06 bits per heavy atom. The molecule has 0 saturated heterocycles. The summed E-state index contributed by atoms with van der Waals surface area (Å²) in [5, 5.41) is 4.06. The van der Waals surface area contributed by atoms with Crippen LogP contribution in [-0.4, -0.2) is 51.8 Å². The summed E-state index contributed by atoms with van der Waals surface area (Å²) in [6.45, 7) is 3.02. The first-order chi connectivity index (χ1) is 15.9. The van der Waals surface area contributed by atoms with Crippen molar-refractivity contribution in [1.82, 2.24) is 0 Å². The van der Waals surface area contributed by atoms with E-state index in [0.29, 0.717) is 11.3 Å². The lowest BCUT2D eigenvalue weighted by Crippen LogP contribution is -2.57. The van der Waals surface area contributed by atoms with Crippen molar-refractivity contribution in [2.24, 2.45) is 10.9 Å². The third-order valence-electron chi connectivity index (χ3n) is 4.95. The molecule has 12 heteroatoms. The van der Waals surface area contributed by atoms with Crippen LogP contribution >= 0.6 is 0 Å². The maximum Gasteiger partial charge on any atom is 0.293 e. The van der Waals surface area contributed by atoms with Crippen molar-refractivity contribution < 1.29 is 40.6 Å². The number of nitrogens with two attached hydrogens (primary N) is 2. The molecule has 1 aliphatic rings. The summed E-state index contributed by atoms with van der Waals surface area (Å²) in [5.41, 5.74) is 6.67. The number of ether oxygens (including phenoxy) is 3. The molecule has 0 fully saturated rings. The minimum Gasteiger partial charge on any atom is -0.486 e. The zero-order valence-electron chi connectivity index (χ0n) is 18.5. The fraction of sp³-hybridized carbons (Fsp3) is 0.409. The second kappa shape index (κ2) is 12.3. The monoisotopic (exact) mass is 504 g/mol. The van der Waals surface area contributed by atoms with Crippen molar-refractivity contribution >= 4 is 16.7 Å². The Morgan fingerprint density at radius 3 is 2.21 bits per heavy atom. The number of alkyl halides is 3. The van der Waals surface area contributed by atoms with Crippen LogP contribution in [0, 0.1) is 0 Å². The number of para-hydroxylation sites is 1. The molecule has 0 radical (unpaired) electrons. The highest BCUT2D eigenvalue weighted by atomic mass is 32.2. The van der Waals surface area contributed by atoms with Crippen LogP contribution in [0.4, 0.5) is 13.2 Å². The third-order valence-corrected chi connectivity index (χ3v) is 4.95. The summed E-state index contributed by atoms with van der Waals surface area (Å²) in [6.07, 6.45) is -8.34. The van der Waals surface area contributed by atoms with Gasteiger partial charge in [0.15, 0.2) is 16.7 Å². The van der Waals surface area contributed by atoms with Crippen LogP contribution in [-0.2, 0) is 26.0 Å². The van der Waals surface area contributed by atoms with E-state index >= 15 is 0 Å². The Kier molecular flexibility index (Phi) is 10.0. The summed E-state index contributed by atoms with van der Waals surface area (Å²) in [6, 6.07) is 14.3. The summed E-state index contributed by atoms with van der Waals surface area (Å²) >= 11 is 0. The average Bonchev–Trinajstić information content (AvgIpc) is 2.78. The molecule has 0 bridgehead atoms. The number of carbonyl (C=O) groups is 1. The van der Waals surface area contributed by atoms with E-state index in [1.165, 1.54) is 0 Å². The normalized spacial score (nSPS) is 19.6. The number of carbonyl (C=O) groups excluding carboxylic acids is 1. The van der Waals surface area contributed by atoms with Crippen molar-refractivity contribution in [2.75, 3.05) is 6.61 Å². The maximum atomic E-state index is 13.4. The van der Waals surface area contributed by atoms with Crippen molar-refractivity contribution in [3.8, 4) is 5.75 Å². The fourth-order valence-electron chi connectivity index (χ4n) is 3.42. The number of ketones is 1. The van der Waals surface area contributed by atoms with E-state index in [4.69, 9.17) is 23.6 Å². The zero-order valence-corrected chi connectivity index (χ0v) is 19.4. The molecule has 3 rings (SSSR count). The van der Waals surface area contributed by atoms with E-state index < -0.39 is 54.1 Å². The van der Waals surface area contributed by atoms with Crippen molar-refractivity contribution in [1.29, 1.82) is 0 Å². The Balaban J connectivity index is 0.000000945. The van der Waals surface area contributed by atoms with Crippen LogP contribution in [0.25, 0.3) is 0 Å². The highest BCUT2D eigenvalue weighted by Gasteiger charge is 2.44. The Labute approximate surface area is 197 Å². The molecule has 0 aliphatic carbocycles. The lowest BCUT2D eigenvalue weighted by Gasteiger charge is -2.40. The van der Waals surface area contributed by atoms with Gasteiger partial charge in [-0.25, -0.2) is 26.7 Å². The second-order valence-corrected chi connectivity index (χ2v) is 8.38. The molecule has 4 unspecified atom stereocenters. The van der Waals surface area contributed by atoms with Crippen molar-refractivity contribution in [3.05, 3.63) is 65.7 Å². The number of hydrogen-bond acceptors (Lipinski definition) is 7. The summed E-state index contributed by atoms with van der Waals surface area (Å²) in [5.74, 6) is 0.0154. The van der Waals surface area contributed by atoms with Gasteiger partial charge in [0.2, 0.25) is 0 Å². The fourth-order valence-corrected chi connectivity index (χ4v) is 3.42. The van der Waals surface area contributed by atoms with Gasteiger partial charge in [0.1, 0.15) is 18.0 Å². The average molecular weight is 505 g/mol. The molecule has 2 aromatic rings. The Morgan fingerprint density at radius 2 is 1.62 bits per heavy atom. The van der Waals surface area contributed by atoms with E-state index in [2.05, 4.69) is 9.88 Å². The Bertz CT molecular complexity index is 1010. The first-order valence-electron chi connectivity index (χ1n) is 10.2. The van der Waals surface area contributed by atoms with Gasteiger partial charge in [0.25, 0.3) is 12.8 Å². The quantitative estimate of drug-likeness (QED) is 0.470. The second-order valence-electron chi connectivity index (χ2n) is 7.81. The molecular weight excluding hydrogens is 477 g/mol. The maximum absolute atomic E-state index is 13.4. The largest absolute Gasteiger partial charge is 0.486 e. The van der Waals surface area contributed by atoms with Crippen LogP contribution in [0.3, 0.4) is 0 Å². The Hall–Kier alpha value is -2.51. The smallest absolute Gasteiger partial charge is 0.293 e. The third kappa shape index (κ3) is 7.50. The predicted molar refractivity (Wildman–Crippen MR) is 119 cm³/mol. The SMILES string of the molecule is CC1(C)OC(C(N)C(COC(F)C(F)F)Oc2ccccc2)C(=O)c2ccccc21.N[SH](=O)=O. The number of Topliss-reactive ketones (excluding diaryl/α,β-unsaturated/α-hetero) is 1. The molecule has 0 aromatic heterocycles. The first-order valence-corrected chi connectivity index (χ1v) is 11.4. The highest BCUT2D eigenvalue weighted by Crippen LogP contribution is 2.36. The van der Waals surface area contributed by atoms with Crippen LogP contribution < -0.4 is 15.6 Å². The number of fused-ring (bicyclic) bond motifs is 1. The minimum atomic E-state index is -3.31. The van der Waals surface area contributed by atoms with Crippen molar-refractivity contribution in [2.45, 2.75) is 50.5 Å². The zero-order chi connectivity index (χ0) is 25.5. The molecule has 0 spiro atoms. The molecule has 188 valence electrons. The first kappa shape index (κ1) is 27.7. The number of hydrogen-bond donors (Lipinski definition) is 3. The molecular formula is C22H27F3N2O6S. The molecule has 4 N–H and O–H groups in total. The summed E-state index contributed by atoms with van der Waals surface area (Å²) in [7, 11) is -2.62. The van der Waals surface area contributed by atoms with Gasteiger partial charge in [-0.3, -0.25) is 4.79 Å². The van der Waals surface area contributed by atoms with Crippen LogP contribution in [0.1, 0.15) is 29.8 Å². The van der Waals surface area contributed by atoms with Crippen LogP contribution in [0.5, 0.6) is 5.75 Å². The van der Waals surface area contributed by atoms with Gasteiger partial charge in [-0.15, -0.1) is 0 Å². The summed E-state index contributed by atoms with van der Waals surface area (Å²) in [4.78, 5) is 13.1. The van der Waals surface area contributed by atoms with Gasteiger partial charge in [-0.2, -0.15) is 0 Å². The van der Waals surface area contributed by atoms with Gasteiger partial charge in [-0.1, -0.05) is 42.5 Å². The number of benzene rings is 2. The lowest BCUT2D eigenvalue weighted by molar-refractivity contribution is -0.150. The molecule has 1 aliphatic heterocycles. The molecule has 1 heterocycles. The number of rotatable bonds is 8.